The minimum absolute atomic E-state index is 0.203. The highest BCUT2D eigenvalue weighted by Gasteiger charge is 2.29. The van der Waals surface area contributed by atoms with Gasteiger partial charge in [-0.05, 0) is 24.8 Å². The first-order valence-corrected chi connectivity index (χ1v) is 8.84. The average Bonchev–Trinajstić information content (AvgIpc) is 3.30. The summed E-state index contributed by atoms with van der Waals surface area (Å²) in [5.74, 6) is 1.67. The summed E-state index contributed by atoms with van der Waals surface area (Å²) in [6.45, 7) is 1.64. The first-order valence-electron chi connectivity index (χ1n) is 8.84. The van der Waals surface area contributed by atoms with E-state index < -0.39 is 6.10 Å². The summed E-state index contributed by atoms with van der Waals surface area (Å²) in [5, 5.41) is 14.8. The van der Waals surface area contributed by atoms with Crippen LogP contribution in [-0.2, 0) is 14.1 Å². The SMILES string of the molecule is Cn1cc(-c2ccnc(N3CCC(C(O)c4nccn4C)CC3)n2)cn1. The lowest BCUT2D eigenvalue weighted by Gasteiger charge is -2.34. The van der Waals surface area contributed by atoms with Crippen LogP contribution < -0.4 is 4.90 Å². The van der Waals surface area contributed by atoms with Crippen molar-refractivity contribution in [2.45, 2.75) is 18.9 Å². The van der Waals surface area contributed by atoms with Gasteiger partial charge in [-0.2, -0.15) is 5.10 Å². The van der Waals surface area contributed by atoms with Crippen LogP contribution in [-0.4, -0.2) is 47.5 Å². The lowest BCUT2D eigenvalue weighted by Crippen LogP contribution is -2.37. The van der Waals surface area contributed by atoms with E-state index in [2.05, 4.69) is 20.0 Å². The fourth-order valence-electron chi connectivity index (χ4n) is 3.50. The van der Waals surface area contributed by atoms with Crippen LogP contribution in [0.15, 0.2) is 37.1 Å². The predicted octanol–water partition coefficient (Wildman–Crippen LogP) is 1.56. The molecule has 1 unspecified atom stereocenters. The van der Waals surface area contributed by atoms with Crippen LogP contribution >= 0.6 is 0 Å². The van der Waals surface area contributed by atoms with Crippen molar-refractivity contribution >= 4 is 5.95 Å². The van der Waals surface area contributed by atoms with E-state index in [1.165, 1.54) is 0 Å². The van der Waals surface area contributed by atoms with E-state index in [4.69, 9.17) is 4.98 Å². The number of hydrogen-bond donors (Lipinski definition) is 1. The molecule has 3 aromatic heterocycles. The van der Waals surface area contributed by atoms with E-state index in [-0.39, 0.29) is 5.92 Å². The van der Waals surface area contributed by atoms with Crippen molar-refractivity contribution in [2.75, 3.05) is 18.0 Å². The third kappa shape index (κ3) is 3.20. The number of aryl methyl sites for hydroxylation is 2. The summed E-state index contributed by atoms with van der Waals surface area (Å²) >= 11 is 0. The van der Waals surface area contributed by atoms with Gasteiger partial charge >= 0.3 is 0 Å². The first-order chi connectivity index (χ1) is 12.6. The number of nitrogens with zero attached hydrogens (tertiary/aromatic N) is 7. The van der Waals surface area contributed by atoms with Crippen molar-refractivity contribution in [3.63, 3.8) is 0 Å². The second-order valence-electron chi connectivity index (χ2n) is 6.81. The third-order valence-electron chi connectivity index (χ3n) is 5.04. The Morgan fingerprint density at radius 1 is 1.15 bits per heavy atom. The molecule has 1 fully saturated rings. The molecule has 0 bridgehead atoms. The predicted molar refractivity (Wildman–Crippen MR) is 97.3 cm³/mol. The van der Waals surface area contributed by atoms with Gasteiger partial charge in [0.1, 0.15) is 11.9 Å². The second-order valence-corrected chi connectivity index (χ2v) is 6.81. The molecule has 26 heavy (non-hydrogen) atoms. The molecule has 4 heterocycles. The zero-order valence-corrected chi connectivity index (χ0v) is 15.0. The highest BCUT2D eigenvalue weighted by Crippen LogP contribution is 2.31. The van der Waals surface area contributed by atoms with E-state index in [1.54, 1.807) is 17.1 Å². The van der Waals surface area contributed by atoms with Crippen LogP contribution in [0, 0.1) is 5.92 Å². The molecule has 0 aliphatic carbocycles. The minimum Gasteiger partial charge on any atom is -0.385 e. The summed E-state index contributed by atoms with van der Waals surface area (Å²) in [4.78, 5) is 15.6. The van der Waals surface area contributed by atoms with Gasteiger partial charge in [0.05, 0.1) is 11.9 Å². The quantitative estimate of drug-likeness (QED) is 0.766. The Morgan fingerprint density at radius 3 is 2.62 bits per heavy atom. The summed E-state index contributed by atoms with van der Waals surface area (Å²) in [5.41, 5.74) is 1.86. The zero-order valence-electron chi connectivity index (χ0n) is 15.0. The van der Waals surface area contributed by atoms with Gasteiger partial charge < -0.3 is 14.6 Å². The third-order valence-corrected chi connectivity index (χ3v) is 5.04. The molecule has 136 valence electrons. The molecule has 8 heteroatoms. The number of aliphatic hydroxyl groups is 1. The van der Waals surface area contributed by atoms with Gasteiger partial charge in [-0.25, -0.2) is 15.0 Å². The first kappa shape index (κ1) is 16.7. The lowest BCUT2D eigenvalue weighted by atomic mass is 9.91. The van der Waals surface area contributed by atoms with Gasteiger partial charge in [0.25, 0.3) is 0 Å². The van der Waals surface area contributed by atoms with E-state index in [0.29, 0.717) is 0 Å². The number of aromatic nitrogens is 6. The van der Waals surface area contributed by atoms with Gasteiger partial charge in [0, 0.05) is 57.5 Å². The standard InChI is InChI=1S/C18H23N7O/c1-23-10-7-19-17(23)16(26)13-4-8-25(9-5-13)18-20-6-3-15(22-18)14-11-21-24(2)12-14/h3,6-7,10-13,16,26H,4-5,8-9H2,1-2H3. The van der Waals surface area contributed by atoms with Crippen molar-refractivity contribution < 1.29 is 5.11 Å². The van der Waals surface area contributed by atoms with Crippen LogP contribution in [0.5, 0.6) is 0 Å². The van der Waals surface area contributed by atoms with Crippen molar-refractivity contribution in [1.82, 2.24) is 29.3 Å². The molecule has 0 spiro atoms. The van der Waals surface area contributed by atoms with Gasteiger partial charge in [-0.3, -0.25) is 4.68 Å². The molecule has 0 saturated carbocycles. The van der Waals surface area contributed by atoms with Gasteiger partial charge in [-0.1, -0.05) is 0 Å². The number of piperidine rings is 1. The molecule has 8 nitrogen and oxygen atoms in total. The maximum atomic E-state index is 10.6. The smallest absolute Gasteiger partial charge is 0.225 e. The molecule has 0 aromatic carbocycles. The number of imidazole rings is 1. The van der Waals surface area contributed by atoms with Crippen molar-refractivity contribution in [3.05, 3.63) is 42.9 Å². The van der Waals surface area contributed by atoms with Crippen molar-refractivity contribution in [3.8, 4) is 11.3 Å². The van der Waals surface area contributed by atoms with Crippen LogP contribution in [0.1, 0.15) is 24.8 Å². The Bertz CT molecular complexity index is 879. The second kappa shape index (κ2) is 6.87. The monoisotopic (exact) mass is 353 g/mol. The highest BCUT2D eigenvalue weighted by molar-refractivity contribution is 5.58. The molecule has 1 N–H and O–H groups in total. The lowest BCUT2D eigenvalue weighted by molar-refractivity contribution is 0.0823. The molecule has 3 aromatic rings. The summed E-state index contributed by atoms with van der Waals surface area (Å²) in [6, 6.07) is 1.90. The number of hydrogen-bond acceptors (Lipinski definition) is 6. The summed E-state index contributed by atoms with van der Waals surface area (Å²) < 4.78 is 3.65. The molecule has 1 atom stereocenters. The summed E-state index contributed by atoms with van der Waals surface area (Å²) in [6.07, 6.45) is 10.4. The Labute approximate surface area is 152 Å². The van der Waals surface area contributed by atoms with Crippen molar-refractivity contribution in [1.29, 1.82) is 0 Å². The molecule has 1 saturated heterocycles. The maximum absolute atomic E-state index is 10.6. The molecule has 1 aliphatic heterocycles. The number of aliphatic hydroxyl groups excluding tert-OH is 1. The van der Waals surface area contributed by atoms with Crippen LogP contribution in [0.2, 0.25) is 0 Å². The molecule has 0 amide bonds. The van der Waals surface area contributed by atoms with E-state index >= 15 is 0 Å². The molecular formula is C18H23N7O. The molecule has 4 rings (SSSR count). The Balaban J connectivity index is 1.44. The highest BCUT2D eigenvalue weighted by atomic mass is 16.3. The normalized spacial score (nSPS) is 16.8. The molecule has 1 aliphatic rings. The number of rotatable bonds is 4. The fraction of sp³-hybridized carbons (Fsp3) is 0.444. The van der Waals surface area contributed by atoms with Crippen LogP contribution in [0.25, 0.3) is 11.3 Å². The van der Waals surface area contributed by atoms with Crippen LogP contribution in [0.4, 0.5) is 5.95 Å². The van der Waals surface area contributed by atoms with Crippen LogP contribution in [0.3, 0.4) is 0 Å². The Morgan fingerprint density at radius 2 is 1.96 bits per heavy atom. The van der Waals surface area contributed by atoms with E-state index in [1.807, 2.05) is 43.3 Å². The topological polar surface area (TPSA) is 84.9 Å². The Hall–Kier alpha value is -2.74. The average molecular weight is 353 g/mol. The van der Waals surface area contributed by atoms with Gasteiger partial charge in [0.2, 0.25) is 5.95 Å². The van der Waals surface area contributed by atoms with Gasteiger partial charge in [-0.15, -0.1) is 0 Å². The summed E-state index contributed by atoms with van der Waals surface area (Å²) in [7, 11) is 3.81. The number of anilines is 1. The fourth-order valence-corrected chi connectivity index (χ4v) is 3.50. The molecular weight excluding hydrogens is 330 g/mol. The zero-order chi connectivity index (χ0) is 18.1. The Kier molecular flexibility index (Phi) is 4.42. The minimum atomic E-state index is -0.528. The largest absolute Gasteiger partial charge is 0.385 e. The van der Waals surface area contributed by atoms with E-state index in [0.717, 1.165) is 49.0 Å². The van der Waals surface area contributed by atoms with E-state index in [9.17, 15) is 5.11 Å². The maximum Gasteiger partial charge on any atom is 0.225 e. The van der Waals surface area contributed by atoms with Gasteiger partial charge in [0.15, 0.2) is 0 Å². The molecule has 0 radical (unpaired) electrons. The van der Waals surface area contributed by atoms with Crippen molar-refractivity contribution in [2.24, 2.45) is 20.0 Å².